The van der Waals surface area contributed by atoms with Gasteiger partial charge < -0.3 is 0 Å². The molecule has 3 nitrogen and oxygen atoms in total. The molecule has 4 rings (SSSR count). The van der Waals surface area contributed by atoms with Crippen molar-refractivity contribution in [2.24, 2.45) is 0 Å². The van der Waals surface area contributed by atoms with Gasteiger partial charge in [0.2, 0.25) is 0 Å². The number of rotatable bonds is 4. The molecule has 3 aromatic carbocycles. The van der Waals surface area contributed by atoms with Crippen molar-refractivity contribution in [1.82, 2.24) is 4.98 Å². The molecule has 1 heterocycles. The van der Waals surface area contributed by atoms with Crippen LogP contribution in [-0.4, -0.2) is 10.9 Å². The Bertz CT molecular complexity index is 1220. The van der Waals surface area contributed by atoms with Crippen LogP contribution in [0.25, 0.3) is 10.2 Å². The monoisotopic (exact) mass is 428 g/mol. The number of nitrogens with zero attached hydrogens (tertiary/aromatic N) is 2. The Morgan fingerprint density at radius 2 is 1.61 bits per heavy atom. The van der Waals surface area contributed by atoms with Crippen LogP contribution in [0.4, 0.5) is 5.13 Å². The fourth-order valence-corrected chi connectivity index (χ4v) is 4.61. The Kier molecular flexibility index (Phi) is 5.67. The van der Waals surface area contributed by atoms with Crippen LogP contribution < -0.4 is 4.90 Å². The lowest BCUT2D eigenvalue weighted by molar-refractivity contribution is 0.0985. The first-order valence-electron chi connectivity index (χ1n) is 10.6. The summed E-state index contributed by atoms with van der Waals surface area (Å²) < 4.78 is 1.10. The van der Waals surface area contributed by atoms with Crippen LogP contribution in [0.1, 0.15) is 53.4 Å². The standard InChI is InChI=1S/C27H28N2OS/c1-18-11-16-23-24(19(18)2)28-26(31-23)29(17-20-9-7-6-8-10-20)25(30)21-12-14-22(15-13-21)27(3,4)5/h6-16H,17H2,1-5H3. The molecule has 0 radical (unpaired) electrons. The van der Waals surface area contributed by atoms with Crippen molar-refractivity contribution >= 4 is 32.6 Å². The number of aryl methyl sites for hydroxylation is 2. The number of fused-ring (bicyclic) bond motifs is 1. The quantitative estimate of drug-likeness (QED) is 0.349. The first kappa shape index (κ1) is 21.3. The number of benzene rings is 3. The Morgan fingerprint density at radius 1 is 0.935 bits per heavy atom. The molecule has 0 bridgehead atoms. The molecule has 4 heteroatoms. The van der Waals surface area contributed by atoms with Gasteiger partial charge in [0.25, 0.3) is 5.91 Å². The summed E-state index contributed by atoms with van der Waals surface area (Å²) in [4.78, 5) is 20.3. The van der Waals surface area contributed by atoms with Gasteiger partial charge in [-0.05, 0) is 59.7 Å². The van der Waals surface area contributed by atoms with Gasteiger partial charge in [0.15, 0.2) is 5.13 Å². The Morgan fingerprint density at radius 3 is 2.26 bits per heavy atom. The van der Waals surface area contributed by atoms with E-state index in [2.05, 4.69) is 58.9 Å². The van der Waals surface area contributed by atoms with E-state index in [1.54, 1.807) is 16.2 Å². The van der Waals surface area contributed by atoms with E-state index in [1.165, 1.54) is 16.7 Å². The summed E-state index contributed by atoms with van der Waals surface area (Å²) in [5.74, 6) is -0.0299. The van der Waals surface area contributed by atoms with Gasteiger partial charge in [0, 0.05) is 5.56 Å². The van der Waals surface area contributed by atoms with E-state index in [9.17, 15) is 4.79 Å². The topological polar surface area (TPSA) is 33.2 Å². The molecule has 0 N–H and O–H groups in total. The molecule has 1 amide bonds. The molecular weight excluding hydrogens is 400 g/mol. The minimum atomic E-state index is -0.0299. The molecule has 0 spiro atoms. The molecule has 0 aliphatic rings. The van der Waals surface area contributed by atoms with Crippen LogP contribution in [0.2, 0.25) is 0 Å². The number of carbonyl (C=O) groups excluding carboxylic acids is 1. The third-order valence-electron chi connectivity index (χ3n) is 5.73. The summed E-state index contributed by atoms with van der Waals surface area (Å²) in [6.45, 7) is 11.2. The number of carbonyl (C=O) groups is 1. The third kappa shape index (κ3) is 4.40. The summed E-state index contributed by atoms with van der Waals surface area (Å²) in [5, 5.41) is 0.734. The number of anilines is 1. The van der Waals surface area contributed by atoms with Gasteiger partial charge >= 0.3 is 0 Å². The fraction of sp³-hybridized carbons (Fsp3) is 0.259. The molecule has 0 atom stereocenters. The van der Waals surface area contributed by atoms with E-state index in [0.717, 1.165) is 20.9 Å². The lowest BCUT2D eigenvalue weighted by Crippen LogP contribution is -2.30. The van der Waals surface area contributed by atoms with E-state index in [-0.39, 0.29) is 11.3 Å². The second kappa shape index (κ2) is 8.27. The lowest BCUT2D eigenvalue weighted by atomic mass is 9.86. The molecule has 31 heavy (non-hydrogen) atoms. The van der Waals surface area contributed by atoms with E-state index < -0.39 is 0 Å². The number of hydrogen-bond donors (Lipinski definition) is 0. The molecular formula is C27H28N2OS. The first-order valence-corrected chi connectivity index (χ1v) is 11.4. The maximum absolute atomic E-state index is 13.6. The maximum Gasteiger partial charge on any atom is 0.260 e. The van der Waals surface area contributed by atoms with Crippen LogP contribution in [0.3, 0.4) is 0 Å². The number of amides is 1. The highest BCUT2D eigenvalue weighted by Crippen LogP contribution is 2.33. The average Bonchev–Trinajstić information content (AvgIpc) is 3.19. The van der Waals surface area contributed by atoms with Gasteiger partial charge in [-0.25, -0.2) is 4.98 Å². The Hall–Kier alpha value is -2.98. The van der Waals surface area contributed by atoms with Crippen molar-refractivity contribution in [3.05, 3.63) is 94.5 Å². The van der Waals surface area contributed by atoms with Gasteiger partial charge in [-0.3, -0.25) is 9.69 Å². The van der Waals surface area contributed by atoms with Crippen molar-refractivity contribution in [1.29, 1.82) is 0 Å². The van der Waals surface area contributed by atoms with Crippen molar-refractivity contribution in [2.45, 2.75) is 46.6 Å². The second-order valence-electron chi connectivity index (χ2n) is 9.05. The van der Waals surface area contributed by atoms with Crippen molar-refractivity contribution in [3.8, 4) is 0 Å². The van der Waals surface area contributed by atoms with Gasteiger partial charge in [-0.2, -0.15) is 0 Å². The fourth-order valence-electron chi connectivity index (χ4n) is 3.59. The number of aromatic nitrogens is 1. The normalized spacial score (nSPS) is 11.6. The zero-order chi connectivity index (χ0) is 22.2. The van der Waals surface area contributed by atoms with Crippen molar-refractivity contribution in [2.75, 3.05) is 4.90 Å². The van der Waals surface area contributed by atoms with E-state index >= 15 is 0 Å². The zero-order valence-electron chi connectivity index (χ0n) is 18.8. The summed E-state index contributed by atoms with van der Waals surface area (Å²) in [6, 6.07) is 22.3. The number of thiazole rings is 1. The summed E-state index contributed by atoms with van der Waals surface area (Å²) in [5.41, 5.74) is 6.38. The SMILES string of the molecule is Cc1ccc2sc(N(Cc3ccccc3)C(=O)c3ccc(C(C)(C)C)cc3)nc2c1C. The molecule has 0 unspecified atom stereocenters. The molecule has 0 saturated heterocycles. The molecule has 1 aromatic heterocycles. The minimum absolute atomic E-state index is 0.0299. The highest BCUT2D eigenvalue weighted by atomic mass is 32.1. The molecule has 0 aliphatic heterocycles. The van der Waals surface area contributed by atoms with Gasteiger partial charge in [0.1, 0.15) is 0 Å². The van der Waals surface area contributed by atoms with Crippen LogP contribution >= 0.6 is 11.3 Å². The molecule has 4 aromatic rings. The first-order chi connectivity index (χ1) is 14.7. The van der Waals surface area contributed by atoms with Crippen molar-refractivity contribution < 1.29 is 4.79 Å². The predicted octanol–water partition coefficient (Wildman–Crippen LogP) is 7.06. The summed E-state index contributed by atoms with van der Waals surface area (Å²) >= 11 is 1.57. The Labute approximate surface area is 188 Å². The summed E-state index contributed by atoms with van der Waals surface area (Å²) in [6.07, 6.45) is 0. The lowest BCUT2D eigenvalue weighted by Gasteiger charge is -2.22. The molecule has 0 fully saturated rings. The van der Waals surface area contributed by atoms with E-state index in [1.807, 2.05) is 42.5 Å². The predicted molar refractivity (Wildman–Crippen MR) is 131 cm³/mol. The van der Waals surface area contributed by atoms with Gasteiger partial charge in [0.05, 0.1) is 16.8 Å². The van der Waals surface area contributed by atoms with Gasteiger partial charge in [-0.15, -0.1) is 0 Å². The Balaban J connectivity index is 1.76. The largest absolute Gasteiger partial charge is 0.279 e. The van der Waals surface area contributed by atoms with Crippen LogP contribution in [0.5, 0.6) is 0 Å². The van der Waals surface area contributed by atoms with Crippen LogP contribution in [0.15, 0.2) is 66.7 Å². The highest BCUT2D eigenvalue weighted by Gasteiger charge is 2.23. The highest BCUT2D eigenvalue weighted by molar-refractivity contribution is 7.22. The molecule has 0 aliphatic carbocycles. The van der Waals surface area contributed by atoms with E-state index in [0.29, 0.717) is 12.1 Å². The zero-order valence-corrected chi connectivity index (χ0v) is 19.6. The van der Waals surface area contributed by atoms with Crippen LogP contribution in [-0.2, 0) is 12.0 Å². The van der Waals surface area contributed by atoms with Crippen molar-refractivity contribution in [3.63, 3.8) is 0 Å². The van der Waals surface area contributed by atoms with Crippen LogP contribution in [0, 0.1) is 13.8 Å². The van der Waals surface area contributed by atoms with E-state index in [4.69, 9.17) is 4.98 Å². The minimum Gasteiger partial charge on any atom is -0.279 e. The number of hydrogen-bond acceptors (Lipinski definition) is 3. The molecule has 0 saturated carbocycles. The third-order valence-corrected chi connectivity index (χ3v) is 6.77. The second-order valence-corrected chi connectivity index (χ2v) is 10.1. The summed E-state index contributed by atoms with van der Waals surface area (Å²) in [7, 11) is 0. The average molecular weight is 429 g/mol. The van der Waals surface area contributed by atoms with Gasteiger partial charge in [-0.1, -0.05) is 80.6 Å². The maximum atomic E-state index is 13.6. The molecule has 158 valence electrons. The smallest absolute Gasteiger partial charge is 0.260 e.